The lowest BCUT2D eigenvalue weighted by Crippen LogP contribution is -2.59. The number of esters is 1. The first-order valence-electron chi connectivity index (χ1n) is 4.17. The van der Waals surface area contributed by atoms with Crippen LogP contribution in [0, 0.1) is 0 Å². The van der Waals surface area contributed by atoms with Crippen LogP contribution in [0.4, 0.5) is 35.1 Å². The summed E-state index contributed by atoms with van der Waals surface area (Å²) in [5.74, 6) is -19.9. The van der Waals surface area contributed by atoms with Gasteiger partial charge in [-0.25, -0.2) is 8.78 Å². The van der Waals surface area contributed by atoms with Crippen LogP contribution in [-0.4, -0.2) is 43.3 Å². The summed E-state index contributed by atoms with van der Waals surface area (Å²) in [7, 11) is 0. The van der Waals surface area contributed by atoms with E-state index in [1.807, 2.05) is 0 Å². The number of alkyl halides is 8. The fourth-order valence-corrected chi connectivity index (χ4v) is 0.702. The van der Waals surface area contributed by atoms with Crippen molar-refractivity contribution >= 4 is 5.97 Å². The molecular weight excluding hydrogens is 282 g/mol. The predicted molar refractivity (Wildman–Crippen MR) is 40.9 cm³/mol. The Balaban J connectivity index is 5.02. The second-order valence-electron chi connectivity index (χ2n) is 3.07. The maximum atomic E-state index is 12.7. The van der Waals surface area contributed by atoms with E-state index < -0.39 is 43.3 Å². The first-order chi connectivity index (χ1) is 7.90. The predicted octanol–water partition coefficient (Wildman–Crippen LogP) is 1.66. The van der Waals surface area contributed by atoms with Crippen molar-refractivity contribution in [3.63, 3.8) is 0 Å². The number of carbonyl (C=O) groups is 1. The highest BCUT2D eigenvalue weighted by molar-refractivity contribution is 5.71. The minimum atomic E-state index is -6.39. The minimum absolute atomic E-state index is 0.965. The van der Waals surface area contributed by atoms with E-state index in [4.69, 9.17) is 0 Å². The molecule has 18 heavy (non-hydrogen) atoms. The number of rotatable bonds is 6. The van der Waals surface area contributed by atoms with E-state index in [1.54, 1.807) is 0 Å². The summed E-state index contributed by atoms with van der Waals surface area (Å²) in [4.78, 5) is 10.3. The summed E-state index contributed by atoms with van der Waals surface area (Å²) in [5, 5.41) is 0. The number of nitrogens with two attached hydrogens (primary N) is 1. The van der Waals surface area contributed by atoms with Crippen molar-refractivity contribution in [2.45, 2.75) is 24.2 Å². The summed E-state index contributed by atoms with van der Waals surface area (Å²) in [6, 6.07) is 0. The van der Waals surface area contributed by atoms with Gasteiger partial charge in [-0.1, -0.05) is 0 Å². The van der Waals surface area contributed by atoms with Crippen molar-refractivity contribution in [3.05, 3.63) is 0 Å². The molecule has 2 N–H and O–H groups in total. The topological polar surface area (TPSA) is 52.3 Å². The lowest BCUT2D eigenvalue weighted by molar-refractivity contribution is -0.344. The molecule has 0 saturated heterocycles. The SMILES string of the molecule is NCC(=O)OCC(F)(F)C(F)(F)C(F)(F)C(F)F. The molecule has 0 bridgehead atoms. The van der Waals surface area contributed by atoms with Gasteiger partial charge in [-0.3, -0.25) is 4.79 Å². The maximum absolute atomic E-state index is 12.7. The van der Waals surface area contributed by atoms with Crippen LogP contribution in [0.5, 0.6) is 0 Å². The Kier molecular flexibility index (Phi) is 4.91. The van der Waals surface area contributed by atoms with Crippen LogP contribution in [0.25, 0.3) is 0 Å². The lowest BCUT2D eigenvalue weighted by Gasteiger charge is -2.31. The van der Waals surface area contributed by atoms with Crippen LogP contribution < -0.4 is 5.73 Å². The van der Waals surface area contributed by atoms with Gasteiger partial charge < -0.3 is 10.5 Å². The van der Waals surface area contributed by atoms with Gasteiger partial charge in [-0.15, -0.1) is 0 Å². The average Bonchev–Trinajstić information content (AvgIpc) is 2.25. The fourth-order valence-electron chi connectivity index (χ4n) is 0.702. The number of carbonyl (C=O) groups excluding carboxylic acids is 1. The van der Waals surface area contributed by atoms with Crippen molar-refractivity contribution in [2.24, 2.45) is 5.73 Å². The second kappa shape index (κ2) is 5.24. The first kappa shape index (κ1) is 16.9. The van der Waals surface area contributed by atoms with Gasteiger partial charge in [-0.05, 0) is 0 Å². The number of hydrogen-bond donors (Lipinski definition) is 1. The summed E-state index contributed by atoms with van der Waals surface area (Å²) in [6.45, 7) is -3.45. The quantitative estimate of drug-likeness (QED) is 0.597. The Labute approximate surface area is 94.9 Å². The molecule has 11 heteroatoms. The first-order valence-corrected chi connectivity index (χ1v) is 4.17. The largest absolute Gasteiger partial charge is 0.458 e. The molecule has 0 aromatic carbocycles. The van der Waals surface area contributed by atoms with Gasteiger partial charge in [0.25, 0.3) is 0 Å². The maximum Gasteiger partial charge on any atom is 0.381 e. The molecule has 0 aliphatic heterocycles. The number of hydrogen-bond acceptors (Lipinski definition) is 3. The molecule has 0 rings (SSSR count). The number of ether oxygens (including phenoxy) is 1. The standard InChI is InChI=1S/C7H7F8NO2/c8-4(9)6(12,13)7(14,15)5(10,11)2-18-3(17)1-16/h4H,1-2,16H2. The van der Waals surface area contributed by atoms with Crippen molar-refractivity contribution in [2.75, 3.05) is 13.2 Å². The Morgan fingerprint density at radius 1 is 1.11 bits per heavy atom. The summed E-state index contributed by atoms with van der Waals surface area (Å²) < 4.78 is 102. The Morgan fingerprint density at radius 2 is 1.56 bits per heavy atom. The van der Waals surface area contributed by atoms with Crippen LogP contribution in [0.2, 0.25) is 0 Å². The zero-order valence-electron chi connectivity index (χ0n) is 8.41. The molecule has 0 fully saturated rings. The molecule has 0 aliphatic carbocycles. The summed E-state index contributed by atoms with van der Waals surface area (Å²) in [5.41, 5.74) is 4.57. The summed E-state index contributed by atoms with van der Waals surface area (Å²) in [6.07, 6.45) is -5.01. The van der Waals surface area contributed by atoms with Gasteiger partial charge in [0.15, 0.2) is 6.61 Å². The molecule has 0 aromatic rings. The zero-order chi connectivity index (χ0) is 14.8. The normalized spacial score (nSPS) is 13.9. The minimum Gasteiger partial charge on any atom is -0.458 e. The smallest absolute Gasteiger partial charge is 0.381 e. The van der Waals surface area contributed by atoms with Crippen molar-refractivity contribution in [3.8, 4) is 0 Å². The van der Waals surface area contributed by atoms with Gasteiger partial charge in [-0.2, -0.15) is 26.3 Å². The molecular formula is C7H7F8NO2. The fraction of sp³-hybridized carbons (Fsp3) is 0.857. The average molecular weight is 289 g/mol. The Morgan fingerprint density at radius 3 is 1.89 bits per heavy atom. The highest BCUT2D eigenvalue weighted by Crippen LogP contribution is 2.48. The van der Waals surface area contributed by atoms with E-state index in [0.717, 1.165) is 0 Å². The van der Waals surface area contributed by atoms with Crippen molar-refractivity contribution < 1.29 is 44.7 Å². The van der Waals surface area contributed by atoms with Gasteiger partial charge in [0.2, 0.25) is 0 Å². The lowest BCUT2D eigenvalue weighted by atomic mass is 10.1. The number of halogens is 8. The van der Waals surface area contributed by atoms with Gasteiger partial charge >= 0.3 is 30.2 Å². The van der Waals surface area contributed by atoms with Crippen LogP contribution in [0.1, 0.15) is 0 Å². The Bertz CT molecular complexity index is 306. The van der Waals surface area contributed by atoms with E-state index in [2.05, 4.69) is 10.5 Å². The monoisotopic (exact) mass is 289 g/mol. The van der Waals surface area contributed by atoms with Crippen LogP contribution >= 0.6 is 0 Å². The molecule has 0 unspecified atom stereocenters. The van der Waals surface area contributed by atoms with Crippen molar-refractivity contribution in [1.29, 1.82) is 0 Å². The third-order valence-electron chi connectivity index (χ3n) is 1.73. The van der Waals surface area contributed by atoms with Crippen LogP contribution in [0.15, 0.2) is 0 Å². The Hall–Kier alpha value is -1.13. The van der Waals surface area contributed by atoms with Crippen LogP contribution in [-0.2, 0) is 9.53 Å². The molecule has 0 amide bonds. The highest BCUT2D eigenvalue weighted by Gasteiger charge is 2.75. The van der Waals surface area contributed by atoms with Gasteiger partial charge in [0.05, 0.1) is 6.54 Å². The van der Waals surface area contributed by atoms with E-state index in [0.29, 0.717) is 0 Å². The summed E-state index contributed by atoms with van der Waals surface area (Å²) >= 11 is 0. The highest BCUT2D eigenvalue weighted by atomic mass is 19.4. The van der Waals surface area contributed by atoms with Crippen molar-refractivity contribution in [1.82, 2.24) is 0 Å². The molecule has 0 spiro atoms. The molecule has 0 radical (unpaired) electrons. The molecule has 0 atom stereocenters. The van der Waals surface area contributed by atoms with Gasteiger partial charge in [0.1, 0.15) is 0 Å². The second-order valence-corrected chi connectivity index (χ2v) is 3.07. The third kappa shape index (κ3) is 3.00. The molecule has 0 heterocycles. The zero-order valence-corrected chi connectivity index (χ0v) is 8.41. The molecule has 0 saturated carbocycles. The van der Waals surface area contributed by atoms with E-state index in [-0.39, 0.29) is 0 Å². The molecule has 108 valence electrons. The van der Waals surface area contributed by atoms with Gasteiger partial charge in [0, 0.05) is 0 Å². The molecule has 0 aromatic heterocycles. The molecule has 0 aliphatic rings. The van der Waals surface area contributed by atoms with E-state index in [1.165, 1.54) is 0 Å². The third-order valence-corrected chi connectivity index (χ3v) is 1.73. The van der Waals surface area contributed by atoms with Crippen LogP contribution in [0.3, 0.4) is 0 Å². The molecule has 3 nitrogen and oxygen atoms in total. The van der Waals surface area contributed by atoms with E-state index >= 15 is 0 Å². The van der Waals surface area contributed by atoms with E-state index in [9.17, 15) is 39.9 Å².